The molecule has 0 amide bonds. The summed E-state index contributed by atoms with van der Waals surface area (Å²) in [5.41, 5.74) is 4.85. The number of benzene rings is 3. The van der Waals surface area contributed by atoms with E-state index in [0.29, 0.717) is 0 Å². The monoisotopic (exact) mass is 312 g/mol. The van der Waals surface area contributed by atoms with Crippen molar-refractivity contribution in [2.24, 2.45) is 0 Å². The number of hydrogen-bond donors (Lipinski definition) is 0. The molecule has 24 heavy (non-hydrogen) atoms. The summed E-state index contributed by atoms with van der Waals surface area (Å²) in [6.07, 6.45) is 0. The van der Waals surface area contributed by atoms with Gasteiger partial charge < -0.3 is 4.57 Å². The van der Waals surface area contributed by atoms with E-state index in [2.05, 4.69) is 29.7 Å². The predicted molar refractivity (Wildman–Crippen MR) is 98.6 cm³/mol. The number of aromatic nitrogens is 1. The Balaban J connectivity index is 1.95. The van der Waals surface area contributed by atoms with Gasteiger partial charge in [-0.2, -0.15) is 0 Å². The van der Waals surface area contributed by atoms with E-state index >= 15 is 0 Å². The maximum absolute atomic E-state index is 12.9. The fourth-order valence-electron chi connectivity index (χ4n) is 3.46. The number of hydrogen-bond acceptors (Lipinski definition) is 1. The molecule has 1 radical (unpaired) electrons. The van der Waals surface area contributed by atoms with Crippen molar-refractivity contribution < 1.29 is 4.79 Å². The van der Waals surface area contributed by atoms with Gasteiger partial charge >= 0.3 is 0 Å². The first kappa shape index (κ1) is 14.7. The first-order valence-electron chi connectivity index (χ1n) is 8.23. The van der Waals surface area contributed by atoms with Gasteiger partial charge in [0.1, 0.15) is 0 Å². The summed E-state index contributed by atoms with van der Waals surface area (Å²) in [6.45, 7) is 5.01. The SMILES string of the molecule is CCn1c2cc[c]cc2c2cc(C(=O)c3ccccc3C)ccc21. The minimum atomic E-state index is 0.0762. The molecular formula is C22H18NO. The molecular weight excluding hydrogens is 294 g/mol. The average molecular weight is 312 g/mol. The summed E-state index contributed by atoms with van der Waals surface area (Å²) in [5, 5.41) is 2.26. The van der Waals surface area contributed by atoms with Gasteiger partial charge in [0, 0.05) is 39.5 Å². The van der Waals surface area contributed by atoms with Crippen molar-refractivity contribution in [3.8, 4) is 0 Å². The third-order valence-electron chi connectivity index (χ3n) is 4.68. The van der Waals surface area contributed by atoms with Gasteiger partial charge in [-0.25, -0.2) is 0 Å². The van der Waals surface area contributed by atoms with Crippen molar-refractivity contribution >= 4 is 27.6 Å². The van der Waals surface area contributed by atoms with Crippen LogP contribution in [0.2, 0.25) is 0 Å². The van der Waals surface area contributed by atoms with Crippen LogP contribution in [0.1, 0.15) is 28.4 Å². The molecule has 0 atom stereocenters. The Kier molecular flexibility index (Phi) is 3.46. The highest BCUT2D eigenvalue weighted by molar-refractivity contribution is 6.15. The Morgan fingerprint density at radius 2 is 1.83 bits per heavy atom. The first-order valence-corrected chi connectivity index (χ1v) is 8.23. The average Bonchev–Trinajstić information content (AvgIpc) is 2.94. The molecule has 0 saturated heterocycles. The molecule has 117 valence electrons. The predicted octanol–water partition coefficient (Wildman–Crippen LogP) is 5.15. The van der Waals surface area contributed by atoms with E-state index in [0.717, 1.165) is 39.5 Å². The number of nitrogens with zero attached hydrogens (tertiary/aromatic N) is 1. The molecule has 0 bridgehead atoms. The van der Waals surface area contributed by atoms with E-state index in [1.54, 1.807) is 0 Å². The van der Waals surface area contributed by atoms with Gasteiger partial charge in [0.2, 0.25) is 0 Å². The number of aryl methyl sites for hydroxylation is 2. The molecule has 0 aliphatic rings. The topological polar surface area (TPSA) is 22.0 Å². The third kappa shape index (κ3) is 2.15. The Hall–Kier alpha value is -2.87. The Labute approximate surface area is 141 Å². The zero-order chi connectivity index (χ0) is 16.7. The van der Waals surface area contributed by atoms with Gasteiger partial charge in [-0.3, -0.25) is 4.79 Å². The molecule has 1 heterocycles. The first-order chi connectivity index (χ1) is 11.7. The van der Waals surface area contributed by atoms with E-state index in [4.69, 9.17) is 0 Å². The molecule has 0 spiro atoms. The van der Waals surface area contributed by atoms with Gasteiger partial charge in [-0.15, -0.1) is 0 Å². The quantitative estimate of drug-likeness (QED) is 0.479. The molecule has 2 heteroatoms. The van der Waals surface area contributed by atoms with Crippen molar-refractivity contribution in [1.82, 2.24) is 4.57 Å². The molecule has 0 aliphatic heterocycles. The fourth-order valence-corrected chi connectivity index (χ4v) is 3.46. The summed E-state index contributed by atoms with van der Waals surface area (Å²) >= 11 is 0. The maximum Gasteiger partial charge on any atom is 0.193 e. The number of ketones is 1. The van der Waals surface area contributed by atoms with Crippen molar-refractivity contribution in [1.29, 1.82) is 0 Å². The molecule has 4 aromatic rings. The van der Waals surface area contributed by atoms with E-state index in [9.17, 15) is 4.79 Å². The number of fused-ring (bicyclic) bond motifs is 3. The van der Waals surface area contributed by atoms with Crippen LogP contribution in [0.5, 0.6) is 0 Å². The lowest BCUT2D eigenvalue weighted by atomic mass is 9.98. The number of rotatable bonds is 3. The summed E-state index contributed by atoms with van der Waals surface area (Å²) in [5.74, 6) is 0.0762. The lowest BCUT2D eigenvalue weighted by Gasteiger charge is -2.06. The minimum absolute atomic E-state index is 0.0762. The smallest absolute Gasteiger partial charge is 0.193 e. The van der Waals surface area contributed by atoms with Crippen molar-refractivity contribution in [2.45, 2.75) is 20.4 Å². The van der Waals surface area contributed by atoms with E-state index in [1.807, 2.05) is 55.5 Å². The third-order valence-corrected chi connectivity index (χ3v) is 4.68. The van der Waals surface area contributed by atoms with Crippen molar-refractivity contribution in [3.05, 3.63) is 83.4 Å². The van der Waals surface area contributed by atoms with Crippen LogP contribution in [0, 0.1) is 13.0 Å². The summed E-state index contributed by atoms with van der Waals surface area (Å²) in [7, 11) is 0. The highest BCUT2D eigenvalue weighted by Gasteiger charge is 2.15. The minimum Gasteiger partial charge on any atom is -0.341 e. The van der Waals surface area contributed by atoms with Crippen LogP contribution in [0.15, 0.2) is 60.7 Å². The Morgan fingerprint density at radius 3 is 2.62 bits per heavy atom. The zero-order valence-corrected chi connectivity index (χ0v) is 13.8. The highest BCUT2D eigenvalue weighted by Crippen LogP contribution is 2.30. The molecule has 2 nitrogen and oxygen atoms in total. The van der Waals surface area contributed by atoms with Gasteiger partial charge in [0.25, 0.3) is 0 Å². The van der Waals surface area contributed by atoms with Gasteiger partial charge in [0.15, 0.2) is 5.78 Å². The zero-order valence-electron chi connectivity index (χ0n) is 13.8. The molecule has 0 aliphatic carbocycles. The molecule has 1 aromatic heterocycles. The lowest BCUT2D eigenvalue weighted by Crippen LogP contribution is -2.03. The summed E-state index contributed by atoms with van der Waals surface area (Å²) in [4.78, 5) is 12.9. The molecule has 0 saturated carbocycles. The van der Waals surface area contributed by atoms with Crippen LogP contribution in [0.4, 0.5) is 0 Å². The largest absolute Gasteiger partial charge is 0.341 e. The van der Waals surface area contributed by atoms with Crippen LogP contribution in [-0.2, 0) is 6.54 Å². The lowest BCUT2D eigenvalue weighted by molar-refractivity contribution is 0.103. The van der Waals surface area contributed by atoms with Crippen LogP contribution in [0.3, 0.4) is 0 Å². The second-order valence-electron chi connectivity index (χ2n) is 6.06. The van der Waals surface area contributed by atoms with Crippen molar-refractivity contribution in [3.63, 3.8) is 0 Å². The van der Waals surface area contributed by atoms with E-state index in [-0.39, 0.29) is 5.78 Å². The van der Waals surface area contributed by atoms with Crippen molar-refractivity contribution in [2.75, 3.05) is 0 Å². The van der Waals surface area contributed by atoms with Gasteiger partial charge in [0.05, 0.1) is 0 Å². The molecule has 0 N–H and O–H groups in total. The summed E-state index contributed by atoms with van der Waals surface area (Å²) < 4.78 is 2.28. The number of carbonyl (C=O) groups excluding carboxylic acids is 1. The van der Waals surface area contributed by atoms with Gasteiger partial charge in [-0.05, 0) is 55.8 Å². The van der Waals surface area contributed by atoms with Crippen LogP contribution >= 0.6 is 0 Å². The molecule has 3 aromatic carbocycles. The van der Waals surface area contributed by atoms with Crippen LogP contribution < -0.4 is 0 Å². The number of carbonyl (C=O) groups is 1. The second-order valence-corrected chi connectivity index (χ2v) is 6.06. The van der Waals surface area contributed by atoms with E-state index < -0.39 is 0 Å². The standard InChI is InChI=1S/C22H18NO/c1-3-23-20-11-7-6-10-18(20)19-14-16(12-13-21(19)23)22(24)17-9-5-4-8-15(17)2/h4-5,7-14H,3H2,1-2H3. The molecule has 4 rings (SSSR count). The van der Waals surface area contributed by atoms with Crippen LogP contribution in [-0.4, -0.2) is 10.4 Å². The highest BCUT2D eigenvalue weighted by atomic mass is 16.1. The molecule has 0 unspecified atom stereocenters. The fraction of sp³-hybridized carbons (Fsp3) is 0.136. The van der Waals surface area contributed by atoms with Crippen LogP contribution in [0.25, 0.3) is 21.8 Å². The Bertz CT molecular complexity index is 1070. The molecule has 0 fully saturated rings. The van der Waals surface area contributed by atoms with E-state index in [1.165, 1.54) is 5.52 Å². The maximum atomic E-state index is 12.9. The Morgan fingerprint density at radius 1 is 1.04 bits per heavy atom. The second kappa shape index (κ2) is 5.64. The summed E-state index contributed by atoms with van der Waals surface area (Å²) in [6, 6.07) is 22.9. The van der Waals surface area contributed by atoms with Gasteiger partial charge in [-0.1, -0.05) is 30.3 Å². The normalized spacial score (nSPS) is 11.2.